The highest BCUT2D eigenvalue weighted by Crippen LogP contribution is 2.40. The lowest BCUT2D eigenvalue weighted by Crippen LogP contribution is -2.48. The molecule has 34 heavy (non-hydrogen) atoms. The largest absolute Gasteiger partial charge is 0.424 e. The first-order chi connectivity index (χ1) is 16.3. The predicted molar refractivity (Wildman–Crippen MR) is 115 cm³/mol. The average molecular weight is 477 g/mol. The van der Waals surface area contributed by atoms with Crippen LogP contribution >= 0.6 is 0 Å². The van der Waals surface area contributed by atoms with E-state index in [1.165, 1.54) is 0 Å². The van der Waals surface area contributed by atoms with Crippen molar-refractivity contribution in [2.24, 2.45) is 11.8 Å². The number of fused-ring (bicyclic) bond motifs is 2. The van der Waals surface area contributed by atoms with E-state index in [-0.39, 0.29) is 35.6 Å². The third-order valence-corrected chi connectivity index (χ3v) is 6.24. The van der Waals surface area contributed by atoms with Gasteiger partial charge in [0.25, 0.3) is 6.43 Å². The topological polar surface area (TPSA) is 81.0 Å². The first-order valence-electron chi connectivity index (χ1n) is 11.0. The second kappa shape index (κ2) is 9.07. The van der Waals surface area contributed by atoms with Crippen molar-refractivity contribution in [1.82, 2.24) is 24.7 Å². The third kappa shape index (κ3) is 4.75. The van der Waals surface area contributed by atoms with Crippen LogP contribution in [0.1, 0.15) is 18.5 Å². The zero-order chi connectivity index (χ0) is 23.8. The quantitative estimate of drug-likeness (QED) is 0.515. The minimum absolute atomic E-state index is 0.0565. The fourth-order valence-corrected chi connectivity index (χ4v) is 4.81. The number of ether oxygens (including phenoxy) is 1. The molecule has 2 fully saturated rings. The molecule has 12 heteroatoms. The fourth-order valence-electron chi connectivity index (χ4n) is 4.81. The van der Waals surface area contributed by atoms with E-state index in [4.69, 9.17) is 4.74 Å². The molecule has 1 saturated heterocycles. The first-order valence-corrected chi connectivity index (χ1v) is 11.0. The van der Waals surface area contributed by atoms with Crippen molar-refractivity contribution >= 4 is 11.8 Å². The van der Waals surface area contributed by atoms with Gasteiger partial charge in [0.15, 0.2) is 0 Å². The number of anilines is 2. The summed E-state index contributed by atoms with van der Waals surface area (Å²) in [5.74, 6) is -0.289. The Bertz CT molecular complexity index is 1140. The van der Waals surface area contributed by atoms with E-state index in [0.29, 0.717) is 6.07 Å². The summed E-state index contributed by atoms with van der Waals surface area (Å²) < 4.78 is 59.5. The number of hydrogen-bond acceptors (Lipinski definition) is 7. The molecule has 3 aromatic rings. The molecule has 1 aliphatic carbocycles. The first kappa shape index (κ1) is 22.4. The maximum Gasteiger partial charge on any atom is 0.322 e. The smallest absolute Gasteiger partial charge is 0.322 e. The molecule has 8 nitrogen and oxygen atoms in total. The van der Waals surface area contributed by atoms with Crippen molar-refractivity contribution in [3.63, 3.8) is 0 Å². The molecule has 0 spiro atoms. The van der Waals surface area contributed by atoms with Crippen LogP contribution in [-0.2, 0) is 6.54 Å². The highest BCUT2D eigenvalue weighted by molar-refractivity contribution is 5.42. The van der Waals surface area contributed by atoms with Gasteiger partial charge >= 0.3 is 6.01 Å². The molecule has 3 atom stereocenters. The predicted octanol–water partition coefficient (Wildman–Crippen LogP) is 4.04. The van der Waals surface area contributed by atoms with Crippen LogP contribution in [0.5, 0.6) is 11.8 Å². The number of nitrogens with zero attached hydrogens (tertiary/aromatic N) is 6. The standard InChI is InChI=1S/C22H23F4N7O/c1-12-4-19(28-11-27-12)32-8-13-2-3-14(9-32)20(13)29-21-30-22(33(31-21)10-18(25)26)34-17-6-15(23)5-16(24)7-17/h4-7,11,13-14,18,20H,2-3,8-10H2,1H3,(H,29,31)/t13-,14+,20-. The minimum Gasteiger partial charge on any atom is -0.424 e. The monoisotopic (exact) mass is 477 g/mol. The molecule has 180 valence electrons. The Hall–Kier alpha value is -3.44. The van der Waals surface area contributed by atoms with E-state index in [1.807, 2.05) is 13.0 Å². The van der Waals surface area contributed by atoms with E-state index in [0.717, 1.165) is 54.3 Å². The lowest BCUT2D eigenvalue weighted by molar-refractivity contribution is 0.118. The Morgan fingerprint density at radius 2 is 1.76 bits per heavy atom. The average Bonchev–Trinajstić information content (AvgIpc) is 3.21. The number of rotatable bonds is 7. The van der Waals surface area contributed by atoms with Gasteiger partial charge in [0.2, 0.25) is 5.95 Å². The number of aryl methyl sites for hydroxylation is 1. The molecule has 0 unspecified atom stereocenters. The van der Waals surface area contributed by atoms with Crippen LogP contribution < -0.4 is 15.0 Å². The van der Waals surface area contributed by atoms with Crippen LogP contribution in [0, 0.1) is 30.4 Å². The van der Waals surface area contributed by atoms with E-state index in [9.17, 15) is 17.6 Å². The van der Waals surface area contributed by atoms with Gasteiger partial charge in [-0.25, -0.2) is 32.2 Å². The number of hydrogen-bond donors (Lipinski definition) is 1. The van der Waals surface area contributed by atoms with Crippen LogP contribution in [0.25, 0.3) is 0 Å². The molecule has 0 radical (unpaired) electrons. The zero-order valence-electron chi connectivity index (χ0n) is 18.3. The SMILES string of the molecule is Cc1cc(N2C[C@H]3CC[C@@H](C2)[C@@H]3Nc2nc(Oc3cc(F)cc(F)c3)n(CC(F)F)n2)ncn1. The summed E-state index contributed by atoms with van der Waals surface area (Å²) in [6.45, 7) is 2.73. The molecule has 1 aromatic carbocycles. The van der Waals surface area contributed by atoms with Gasteiger partial charge in [-0.05, 0) is 31.6 Å². The molecule has 2 aromatic heterocycles. The summed E-state index contributed by atoms with van der Waals surface area (Å²) in [6.07, 6.45) is 0.860. The Balaban J connectivity index is 1.33. The number of piperidine rings is 1. The molecule has 1 aliphatic heterocycles. The normalized spacial score (nSPS) is 21.8. The van der Waals surface area contributed by atoms with Gasteiger partial charge in [-0.2, -0.15) is 4.98 Å². The lowest BCUT2D eigenvalue weighted by Gasteiger charge is -2.38. The summed E-state index contributed by atoms with van der Waals surface area (Å²) in [6, 6.07) is 4.33. The summed E-state index contributed by atoms with van der Waals surface area (Å²) >= 11 is 0. The second-order valence-corrected chi connectivity index (χ2v) is 8.69. The number of benzene rings is 1. The van der Waals surface area contributed by atoms with Crippen LogP contribution in [0.2, 0.25) is 0 Å². The van der Waals surface area contributed by atoms with Gasteiger partial charge in [-0.3, -0.25) is 0 Å². The Morgan fingerprint density at radius 3 is 2.41 bits per heavy atom. The van der Waals surface area contributed by atoms with Gasteiger partial charge < -0.3 is 15.0 Å². The van der Waals surface area contributed by atoms with E-state index >= 15 is 0 Å². The van der Waals surface area contributed by atoms with E-state index in [2.05, 4.69) is 30.3 Å². The van der Waals surface area contributed by atoms with Gasteiger partial charge in [0, 0.05) is 49.1 Å². The summed E-state index contributed by atoms with van der Waals surface area (Å²) in [4.78, 5) is 15.0. The summed E-state index contributed by atoms with van der Waals surface area (Å²) in [5.41, 5.74) is 0.900. The van der Waals surface area contributed by atoms with Crippen molar-refractivity contribution in [2.75, 3.05) is 23.3 Å². The van der Waals surface area contributed by atoms with Crippen molar-refractivity contribution in [2.45, 2.75) is 38.8 Å². The van der Waals surface area contributed by atoms with Gasteiger partial charge in [0.1, 0.15) is 36.1 Å². The number of nitrogens with one attached hydrogen (secondary N) is 1. The summed E-state index contributed by atoms with van der Waals surface area (Å²) in [5, 5.41) is 7.43. The van der Waals surface area contributed by atoms with E-state index in [1.54, 1.807) is 6.33 Å². The maximum atomic E-state index is 13.5. The zero-order valence-corrected chi connectivity index (χ0v) is 18.3. The Labute approximate surface area is 193 Å². The molecule has 1 saturated carbocycles. The molecule has 2 bridgehead atoms. The van der Waals surface area contributed by atoms with Crippen molar-refractivity contribution in [3.05, 3.63) is 47.9 Å². The van der Waals surface area contributed by atoms with Gasteiger partial charge in [-0.15, -0.1) is 5.10 Å². The Kier molecular flexibility index (Phi) is 5.96. The highest BCUT2D eigenvalue weighted by atomic mass is 19.3. The van der Waals surface area contributed by atoms with Crippen LogP contribution in [0.3, 0.4) is 0 Å². The Morgan fingerprint density at radius 1 is 1.06 bits per heavy atom. The van der Waals surface area contributed by atoms with Crippen LogP contribution in [0.4, 0.5) is 29.3 Å². The molecule has 3 heterocycles. The van der Waals surface area contributed by atoms with Crippen LogP contribution in [-0.4, -0.2) is 50.3 Å². The maximum absolute atomic E-state index is 13.5. The number of halogens is 4. The van der Waals surface area contributed by atoms with Crippen molar-refractivity contribution < 1.29 is 22.3 Å². The summed E-state index contributed by atoms with van der Waals surface area (Å²) in [7, 11) is 0. The van der Waals surface area contributed by atoms with Gasteiger partial charge in [0.05, 0.1) is 0 Å². The van der Waals surface area contributed by atoms with Gasteiger partial charge in [-0.1, -0.05) is 0 Å². The number of alkyl halides is 2. The van der Waals surface area contributed by atoms with Crippen LogP contribution in [0.15, 0.2) is 30.6 Å². The lowest BCUT2D eigenvalue weighted by atomic mass is 9.92. The van der Waals surface area contributed by atoms with E-state index < -0.39 is 24.6 Å². The van der Waals surface area contributed by atoms with Crippen molar-refractivity contribution in [3.8, 4) is 11.8 Å². The minimum atomic E-state index is -2.71. The highest BCUT2D eigenvalue weighted by Gasteiger charge is 2.43. The molecular weight excluding hydrogens is 454 g/mol. The van der Waals surface area contributed by atoms with Crippen molar-refractivity contribution in [1.29, 1.82) is 0 Å². The molecule has 5 rings (SSSR count). The molecule has 2 aliphatic rings. The molecule has 1 N–H and O–H groups in total. The third-order valence-electron chi connectivity index (χ3n) is 6.24. The molecular formula is C22H23F4N7O. The fraction of sp³-hybridized carbons (Fsp3) is 0.455. The second-order valence-electron chi connectivity index (χ2n) is 8.69. The molecule has 0 amide bonds. The number of aromatic nitrogens is 5.